The minimum absolute atomic E-state index is 0. The molecule has 0 unspecified atom stereocenters. The molecule has 0 aliphatic heterocycles. The third-order valence-electron chi connectivity index (χ3n) is 4.99. The topological polar surface area (TPSA) is 63.1 Å². The number of ketones is 1. The summed E-state index contributed by atoms with van der Waals surface area (Å²) in [4.78, 5) is 19.5. The number of rotatable bonds is 3. The van der Waals surface area contributed by atoms with Gasteiger partial charge in [-0.2, -0.15) is 0 Å². The molecule has 0 saturated carbocycles. The fourth-order valence-electron chi connectivity index (χ4n) is 3.48. The Balaban J connectivity index is 0.000000357. The number of pyridine rings is 2. The Labute approximate surface area is 212 Å². The Bertz CT molecular complexity index is 1360. The van der Waals surface area contributed by atoms with E-state index in [-0.39, 0.29) is 31.6 Å². The Hall–Kier alpha value is -3.66. The zero-order valence-corrected chi connectivity index (χ0v) is 21.2. The average molecular weight is 624 g/mol. The maximum absolute atomic E-state index is 10.0. The Morgan fingerprint density at radius 2 is 1.32 bits per heavy atom. The summed E-state index contributed by atoms with van der Waals surface area (Å²) in [6, 6.07) is 34.1. The van der Waals surface area contributed by atoms with Crippen LogP contribution >= 0.6 is 0 Å². The van der Waals surface area contributed by atoms with Crippen LogP contribution in [0.2, 0.25) is 0 Å². The molecule has 0 atom stereocenters. The van der Waals surface area contributed by atoms with Crippen molar-refractivity contribution in [2.24, 2.45) is 0 Å². The summed E-state index contributed by atoms with van der Waals surface area (Å²) in [5, 5.41) is 10.7. The van der Waals surface area contributed by atoms with Crippen LogP contribution in [-0.4, -0.2) is 20.9 Å². The van der Waals surface area contributed by atoms with Gasteiger partial charge in [-0.1, -0.05) is 60.2 Å². The van der Waals surface area contributed by atoms with Gasteiger partial charge in [0.1, 0.15) is 0 Å². The standard InChI is InChI=1S/C24H15N2.C5H8O2.Ir/c1-3-7-21-17(5-1)13-15-23(25-21)19-9-11-20(12-10-19)24-16-14-18-6-2-4-8-22(18)26-24;1-4(6)3-5(2)7;/h1-11,13-16H;3,6H,1-2H3;/q-1;;/b;4-3-;. The van der Waals surface area contributed by atoms with Crippen LogP contribution in [0.5, 0.6) is 0 Å². The van der Waals surface area contributed by atoms with Crippen LogP contribution < -0.4 is 0 Å². The van der Waals surface area contributed by atoms with E-state index >= 15 is 0 Å². The van der Waals surface area contributed by atoms with Crippen LogP contribution in [0.1, 0.15) is 13.8 Å². The minimum atomic E-state index is -0.125. The number of hydrogen-bond donors (Lipinski definition) is 1. The molecule has 0 spiro atoms. The molecule has 5 heteroatoms. The van der Waals surface area contributed by atoms with Crippen molar-refractivity contribution in [1.82, 2.24) is 9.97 Å². The van der Waals surface area contributed by atoms with Gasteiger partial charge in [0.2, 0.25) is 0 Å². The molecule has 0 aliphatic rings. The second-order valence-electron chi connectivity index (χ2n) is 7.67. The molecule has 5 aromatic rings. The molecule has 171 valence electrons. The SMILES string of the molecule is CC(=O)/C=C(/C)O.[Ir].[c-]1cc(-c2ccc3ccccc3n2)ccc1-c1ccc2ccccc2n1. The third-order valence-corrected chi connectivity index (χ3v) is 4.99. The van der Waals surface area contributed by atoms with Gasteiger partial charge < -0.3 is 5.11 Å². The van der Waals surface area contributed by atoms with Crippen LogP contribution in [0.25, 0.3) is 44.3 Å². The average Bonchev–Trinajstić information content (AvgIpc) is 2.83. The predicted molar refractivity (Wildman–Crippen MR) is 134 cm³/mol. The number of aromatic nitrogens is 2. The molecule has 4 nitrogen and oxygen atoms in total. The van der Waals surface area contributed by atoms with Crippen LogP contribution in [0.3, 0.4) is 0 Å². The number of carbonyl (C=O) groups is 1. The van der Waals surface area contributed by atoms with E-state index in [0.29, 0.717) is 0 Å². The molecule has 1 N–H and O–H groups in total. The van der Waals surface area contributed by atoms with Crippen LogP contribution in [0, 0.1) is 6.07 Å². The molecular formula is C29H23IrN2O2-. The van der Waals surface area contributed by atoms with Crippen molar-refractivity contribution in [3.63, 3.8) is 0 Å². The molecular weight excluding hydrogens is 601 g/mol. The molecule has 1 radical (unpaired) electrons. The molecule has 2 heterocycles. The fourth-order valence-corrected chi connectivity index (χ4v) is 3.48. The normalized spacial score (nSPS) is 10.8. The number of aliphatic hydroxyl groups excluding tert-OH is 1. The summed E-state index contributed by atoms with van der Waals surface area (Å²) >= 11 is 0. The molecule has 0 bridgehead atoms. The van der Waals surface area contributed by atoms with Crippen molar-refractivity contribution in [2.75, 3.05) is 0 Å². The van der Waals surface area contributed by atoms with Gasteiger partial charge in [0.15, 0.2) is 5.78 Å². The summed E-state index contributed by atoms with van der Waals surface area (Å²) in [7, 11) is 0. The first kappa shape index (κ1) is 25.0. The molecule has 2 aromatic heterocycles. The summed E-state index contributed by atoms with van der Waals surface area (Å²) in [5.74, 6) is -0.0625. The van der Waals surface area contributed by atoms with E-state index < -0.39 is 0 Å². The number of carbonyl (C=O) groups excluding carboxylic acids is 1. The van der Waals surface area contributed by atoms with Crippen molar-refractivity contribution in [3.8, 4) is 22.5 Å². The second kappa shape index (κ2) is 11.5. The van der Waals surface area contributed by atoms with Gasteiger partial charge in [-0.15, -0.1) is 29.8 Å². The van der Waals surface area contributed by atoms with Crippen molar-refractivity contribution < 1.29 is 30.0 Å². The van der Waals surface area contributed by atoms with Crippen LogP contribution in [-0.2, 0) is 24.9 Å². The van der Waals surface area contributed by atoms with E-state index in [0.717, 1.165) is 44.3 Å². The van der Waals surface area contributed by atoms with Crippen LogP contribution in [0.15, 0.2) is 103 Å². The summed E-state index contributed by atoms with van der Waals surface area (Å²) < 4.78 is 0. The molecule has 0 amide bonds. The van der Waals surface area contributed by atoms with E-state index in [1.165, 1.54) is 19.9 Å². The molecule has 0 aliphatic carbocycles. The first-order valence-corrected chi connectivity index (χ1v) is 10.6. The first-order valence-electron chi connectivity index (χ1n) is 10.6. The van der Waals surface area contributed by atoms with E-state index in [9.17, 15) is 4.79 Å². The van der Waals surface area contributed by atoms with Crippen molar-refractivity contribution in [3.05, 3.63) is 109 Å². The van der Waals surface area contributed by atoms with E-state index in [4.69, 9.17) is 15.1 Å². The summed E-state index contributed by atoms with van der Waals surface area (Å²) in [6.45, 7) is 2.85. The van der Waals surface area contributed by atoms with Crippen molar-refractivity contribution >= 4 is 27.6 Å². The van der Waals surface area contributed by atoms with E-state index in [1.807, 2.05) is 48.5 Å². The molecule has 0 saturated heterocycles. The summed E-state index contributed by atoms with van der Waals surface area (Å²) in [6.07, 6.45) is 1.17. The third kappa shape index (κ3) is 6.22. The van der Waals surface area contributed by atoms with Gasteiger partial charge in [-0.3, -0.25) is 14.8 Å². The first-order chi connectivity index (χ1) is 16.0. The molecule has 34 heavy (non-hydrogen) atoms. The van der Waals surface area contributed by atoms with Gasteiger partial charge in [-0.05, 0) is 43.1 Å². The fraction of sp³-hybridized carbons (Fsp3) is 0.0690. The number of benzene rings is 3. The second-order valence-corrected chi connectivity index (χ2v) is 7.67. The maximum Gasteiger partial charge on any atom is 0.155 e. The monoisotopic (exact) mass is 624 g/mol. The smallest absolute Gasteiger partial charge is 0.155 e. The predicted octanol–water partition coefficient (Wildman–Crippen LogP) is 6.95. The van der Waals surface area contributed by atoms with Gasteiger partial charge in [-0.25, -0.2) is 0 Å². The molecule has 3 aromatic carbocycles. The largest absolute Gasteiger partial charge is 0.512 e. The number of allylic oxidation sites excluding steroid dienone is 2. The van der Waals surface area contributed by atoms with Gasteiger partial charge in [0.05, 0.1) is 16.8 Å². The van der Waals surface area contributed by atoms with E-state index in [1.54, 1.807) is 0 Å². The van der Waals surface area contributed by atoms with Crippen molar-refractivity contribution in [1.29, 1.82) is 0 Å². The Morgan fingerprint density at radius 1 is 0.765 bits per heavy atom. The Morgan fingerprint density at radius 3 is 1.82 bits per heavy atom. The van der Waals surface area contributed by atoms with Gasteiger partial charge in [0.25, 0.3) is 0 Å². The zero-order valence-electron chi connectivity index (χ0n) is 18.8. The zero-order chi connectivity index (χ0) is 23.2. The van der Waals surface area contributed by atoms with Crippen molar-refractivity contribution in [2.45, 2.75) is 13.8 Å². The quantitative estimate of drug-likeness (QED) is 0.134. The number of hydrogen-bond acceptors (Lipinski definition) is 4. The molecule has 5 rings (SSSR count). The van der Waals surface area contributed by atoms with Gasteiger partial charge in [0, 0.05) is 37.3 Å². The maximum atomic E-state index is 10.0. The number of para-hydroxylation sites is 2. The van der Waals surface area contributed by atoms with E-state index in [2.05, 4.69) is 48.5 Å². The number of aliphatic hydroxyl groups is 1. The van der Waals surface area contributed by atoms with Gasteiger partial charge >= 0.3 is 0 Å². The van der Waals surface area contributed by atoms with Crippen LogP contribution in [0.4, 0.5) is 0 Å². The number of fused-ring (bicyclic) bond motifs is 2. The molecule has 0 fully saturated rings. The Kier molecular flexibility index (Phi) is 8.42. The minimum Gasteiger partial charge on any atom is -0.512 e. The number of nitrogens with zero attached hydrogens (tertiary/aromatic N) is 2. The summed E-state index contributed by atoms with van der Waals surface area (Å²) in [5.41, 5.74) is 5.93.